The van der Waals surface area contributed by atoms with Gasteiger partial charge in [0.2, 0.25) is 0 Å². The number of rotatable bonds is 4. The second-order valence-corrected chi connectivity index (χ2v) is 6.79. The van der Waals surface area contributed by atoms with Crippen LogP contribution in [0, 0.1) is 26.7 Å². The Labute approximate surface area is 149 Å². The van der Waals surface area contributed by atoms with Crippen molar-refractivity contribution in [2.24, 2.45) is 5.92 Å². The molecule has 1 aliphatic rings. The fourth-order valence-electron chi connectivity index (χ4n) is 3.09. The van der Waals surface area contributed by atoms with Crippen LogP contribution in [0.1, 0.15) is 33.1 Å². The molecule has 0 bridgehead atoms. The van der Waals surface area contributed by atoms with Gasteiger partial charge in [0.15, 0.2) is 0 Å². The molecule has 0 saturated carbocycles. The minimum Gasteiger partial charge on any atom is -0.379 e. The lowest BCUT2D eigenvalue weighted by molar-refractivity contribution is 0.0922. The van der Waals surface area contributed by atoms with Crippen molar-refractivity contribution in [2.45, 2.75) is 33.2 Å². The van der Waals surface area contributed by atoms with Gasteiger partial charge in [0.25, 0.3) is 11.5 Å². The van der Waals surface area contributed by atoms with E-state index in [1.165, 1.54) is 0 Å². The maximum atomic E-state index is 12.6. The van der Waals surface area contributed by atoms with Gasteiger partial charge in [-0.15, -0.1) is 0 Å². The molecule has 0 unspecified atom stereocenters. The number of carbonyl (C=O) groups excluding carboxylic acids is 1. The maximum Gasteiger partial charge on any atom is 0.261 e. The van der Waals surface area contributed by atoms with Crippen LogP contribution in [0.5, 0.6) is 0 Å². The average molecular weight is 366 g/mol. The Hall–Kier alpha value is -2.12. The monoisotopic (exact) mass is 365 g/mol. The van der Waals surface area contributed by atoms with Crippen molar-refractivity contribution < 1.29 is 14.1 Å². The van der Waals surface area contributed by atoms with Gasteiger partial charge in [0.1, 0.15) is 11.3 Å². The van der Waals surface area contributed by atoms with Crippen LogP contribution in [0.25, 0.3) is 0 Å². The number of halogens is 1. The summed E-state index contributed by atoms with van der Waals surface area (Å²) in [5, 5.41) is 7.16. The Morgan fingerprint density at radius 2 is 2.16 bits per heavy atom. The van der Waals surface area contributed by atoms with Crippen molar-refractivity contribution in [1.29, 1.82) is 0 Å². The van der Waals surface area contributed by atoms with Crippen LogP contribution >= 0.6 is 11.6 Å². The smallest absolute Gasteiger partial charge is 0.261 e. The Kier molecular flexibility index (Phi) is 4.96. The molecule has 0 aromatic carbocycles. The molecule has 0 aliphatic carbocycles. The first-order chi connectivity index (χ1) is 11.9. The molecule has 3 rings (SSSR count). The number of hydrogen-bond donors (Lipinski definition) is 2. The molecule has 7 nitrogen and oxygen atoms in total. The van der Waals surface area contributed by atoms with E-state index >= 15 is 0 Å². The summed E-state index contributed by atoms with van der Waals surface area (Å²) in [4.78, 5) is 27.4. The fourth-order valence-corrected chi connectivity index (χ4v) is 3.23. The maximum absolute atomic E-state index is 12.6. The molecule has 3 heterocycles. The number of amides is 1. The number of H-pyrrole nitrogens is 1. The van der Waals surface area contributed by atoms with E-state index in [0.29, 0.717) is 35.9 Å². The quantitative estimate of drug-likeness (QED) is 0.862. The van der Waals surface area contributed by atoms with Gasteiger partial charge < -0.3 is 19.6 Å². The van der Waals surface area contributed by atoms with Gasteiger partial charge in [-0.25, -0.2) is 0 Å². The SMILES string of the molecule is Cc1cc(C[C@H]2COC[C@H]2NC(=O)c2c(C)c(Cl)c(C)[nH]c2=O)on1. The van der Waals surface area contributed by atoms with E-state index in [4.69, 9.17) is 20.9 Å². The van der Waals surface area contributed by atoms with E-state index in [0.717, 1.165) is 11.5 Å². The molecule has 134 valence electrons. The highest BCUT2D eigenvalue weighted by Crippen LogP contribution is 2.22. The first kappa shape index (κ1) is 17.7. The third-order valence-corrected chi connectivity index (χ3v) is 5.01. The topological polar surface area (TPSA) is 97.2 Å². The third kappa shape index (κ3) is 3.62. The second kappa shape index (κ2) is 7.01. The third-order valence-electron chi connectivity index (χ3n) is 4.44. The molecule has 2 atom stereocenters. The average Bonchev–Trinajstić information content (AvgIpc) is 3.15. The number of ether oxygens (including phenoxy) is 1. The predicted octanol–water partition coefficient (Wildman–Crippen LogP) is 1.93. The number of aromatic nitrogens is 2. The molecular formula is C17H20ClN3O4. The zero-order valence-corrected chi connectivity index (χ0v) is 15.1. The van der Waals surface area contributed by atoms with Gasteiger partial charge in [-0.2, -0.15) is 0 Å². The second-order valence-electron chi connectivity index (χ2n) is 6.41. The van der Waals surface area contributed by atoms with Crippen LogP contribution in [0.3, 0.4) is 0 Å². The Morgan fingerprint density at radius 1 is 1.40 bits per heavy atom. The summed E-state index contributed by atoms with van der Waals surface area (Å²) in [6, 6.07) is 1.66. The molecule has 0 radical (unpaired) electrons. The van der Waals surface area contributed by atoms with E-state index < -0.39 is 11.5 Å². The van der Waals surface area contributed by atoms with E-state index in [1.807, 2.05) is 13.0 Å². The molecule has 1 fully saturated rings. The van der Waals surface area contributed by atoms with Gasteiger partial charge in [-0.05, 0) is 26.3 Å². The summed E-state index contributed by atoms with van der Waals surface area (Å²) in [6.45, 7) is 6.11. The van der Waals surface area contributed by atoms with E-state index in [2.05, 4.69) is 15.5 Å². The number of aromatic amines is 1. The Morgan fingerprint density at radius 3 is 2.84 bits per heavy atom. The van der Waals surface area contributed by atoms with Gasteiger partial charge in [0.05, 0.1) is 30.0 Å². The van der Waals surface area contributed by atoms with Crippen LogP contribution in [-0.2, 0) is 11.2 Å². The Bertz CT molecular complexity index is 858. The molecule has 2 aromatic rings. The number of hydrogen-bond acceptors (Lipinski definition) is 5. The van der Waals surface area contributed by atoms with Crippen molar-refractivity contribution in [3.8, 4) is 0 Å². The molecular weight excluding hydrogens is 346 g/mol. The Balaban J connectivity index is 1.76. The summed E-state index contributed by atoms with van der Waals surface area (Å²) < 4.78 is 10.7. The molecule has 8 heteroatoms. The van der Waals surface area contributed by atoms with Gasteiger partial charge >= 0.3 is 0 Å². The molecule has 1 saturated heterocycles. The predicted molar refractivity (Wildman–Crippen MR) is 92.1 cm³/mol. The van der Waals surface area contributed by atoms with Crippen LogP contribution in [0.2, 0.25) is 5.02 Å². The van der Waals surface area contributed by atoms with E-state index in [9.17, 15) is 9.59 Å². The van der Waals surface area contributed by atoms with Crippen molar-refractivity contribution >= 4 is 17.5 Å². The van der Waals surface area contributed by atoms with Crippen molar-refractivity contribution in [3.05, 3.63) is 49.7 Å². The molecule has 1 aliphatic heterocycles. The van der Waals surface area contributed by atoms with Crippen LogP contribution in [0.15, 0.2) is 15.4 Å². The van der Waals surface area contributed by atoms with Crippen molar-refractivity contribution in [3.63, 3.8) is 0 Å². The minimum absolute atomic E-state index is 0.0387. The standard InChI is InChI=1S/C17H20ClN3O4/c1-8-4-12(25-21-8)5-11-6-24-7-13(11)20-17(23)14-9(2)15(18)10(3)19-16(14)22/h4,11,13H,5-7H2,1-3H3,(H,19,22)(H,20,23)/t11-,13+/m0/s1. The first-order valence-electron chi connectivity index (χ1n) is 8.06. The number of carbonyl (C=O) groups is 1. The lowest BCUT2D eigenvalue weighted by Crippen LogP contribution is -2.42. The highest BCUT2D eigenvalue weighted by molar-refractivity contribution is 6.32. The minimum atomic E-state index is -0.449. The zero-order valence-electron chi connectivity index (χ0n) is 14.3. The highest BCUT2D eigenvalue weighted by atomic mass is 35.5. The number of nitrogens with zero attached hydrogens (tertiary/aromatic N) is 1. The molecule has 2 aromatic heterocycles. The first-order valence-corrected chi connectivity index (χ1v) is 8.44. The van der Waals surface area contributed by atoms with E-state index in [-0.39, 0.29) is 17.5 Å². The molecule has 1 amide bonds. The number of aryl methyl sites for hydroxylation is 2. The summed E-state index contributed by atoms with van der Waals surface area (Å²) >= 11 is 6.16. The van der Waals surface area contributed by atoms with Gasteiger partial charge in [-0.1, -0.05) is 16.8 Å². The summed E-state index contributed by atoms with van der Waals surface area (Å²) in [5.74, 6) is 0.353. The molecule has 25 heavy (non-hydrogen) atoms. The number of nitrogens with one attached hydrogen (secondary N) is 2. The lowest BCUT2D eigenvalue weighted by atomic mass is 9.97. The molecule has 0 spiro atoms. The van der Waals surface area contributed by atoms with Crippen molar-refractivity contribution in [2.75, 3.05) is 13.2 Å². The summed E-state index contributed by atoms with van der Waals surface area (Å²) in [5.41, 5.74) is 1.42. The molecule has 2 N–H and O–H groups in total. The lowest BCUT2D eigenvalue weighted by Gasteiger charge is -2.18. The summed E-state index contributed by atoms with van der Waals surface area (Å²) in [7, 11) is 0. The zero-order chi connectivity index (χ0) is 18.1. The van der Waals surface area contributed by atoms with Crippen LogP contribution < -0.4 is 10.9 Å². The normalized spacial score (nSPS) is 20.0. The van der Waals surface area contributed by atoms with Crippen LogP contribution in [0.4, 0.5) is 0 Å². The largest absolute Gasteiger partial charge is 0.379 e. The summed E-state index contributed by atoms with van der Waals surface area (Å²) in [6.07, 6.45) is 0.607. The van der Waals surface area contributed by atoms with Gasteiger partial charge in [-0.3, -0.25) is 9.59 Å². The van der Waals surface area contributed by atoms with Crippen LogP contribution in [-0.4, -0.2) is 35.3 Å². The number of pyridine rings is 1. The highest BCUT2D eigenvalue weighted by Gasteiger charge is 2.32. The fraction of sp³-hybridized carbons (Fsp3) is 0.471. The van der Waals surface area contributed by atoms with E-state index in [1.54, 1.807) is 13.8 Å². The van der Waals surface area contributed by atoms with Crippen molar-refractivity contribution in [1.82, 2.24) is 15.5 Å². The van der Waals surface area contributed by atoms with Gasteiger partial charge in [0, 0.05) is 24.1 Å².